The number of hydrogen-bond donors (Lipinski definition) is 1. The number of nitrogens with two attached hydrogens (primary N) is 1. The summed E-state index contributed by atoms with van der Waals surface area (Å²) in [5.41, 5.74) is 6.09. The van der Waals surface area contributed by atoms with E-state index in [2.05, 4.69) is 25.3 Å². The molecule has 2 atom stereocenters. The summed E-state index contributed by atoms with van der Waals surface area (Å²) in [5, 5.41) is 12.3. The van der Waals surface area contributed by atoms with Gasteiger partial charge in [0.05, 0.1) is 5.39 Å². The lowest BCUT2D eigenvalue weighted by Gasteiger charge is -2.36. The SMILES string of the molecule is C[C@H]1CC[C@@H](c2nc3c4cc(F)cc(F)c4nc(N)n3n2)CN1C(=O)c1nnc(N(C)C)o1. The van der Waals surface area contributed by atoms with E-state index in [-0.39, 0.29) is 52.3 Å². The molecule has 1 fully saturated rings. The van der Waals surface area contributed by atoms with Gasteiger partial charge in [0, 0.05) is 38.7 Å². The summed E-state index contributed by atoms with van der Waals surface area (Å²) in [4.78, 5) is 24.9. The number of nitrogen functional groups attached to an aromatic ring is 1. The third kappa shape index (κ3) is 3.49. The number of amides is 1. The summed E-state index contributed by atoms with van der Waals surface area (Å²) < 4.78 is 34.8. The molecule has 1 aromatic carbocycles. The maximum Gasteiger partial charge on any atom is 0.318 e. The van der Waals surface area contributed by atoms with Crippen molar-refractivity contribution in [3.63, 3.8) is 0 Å². The van der Waals surface area contributed by atoms with Crippen LogP contribution in [0.15, 0.2) is 16.5 Å². The smallest absolute Gasteiger partial charge is 0.318 e. The second-order valence-corrected chi connectivity index (χ2v) is 8.32. The van der Waals surface area contributed by atoms with Gasteiger partial charge in [0.2, 0.25) is 5.95 Å². The molecule has 0 radical (unpaired) electrons. The van der Waals surface area contributed by atoms with Crippen molar-refractivity contribution >= 4 is 34.4 Å². The van der Waals surface area contributed by atoms with Gasteiger partial charge in [-0.05, 0) is 25.8 Å². The highest BCUT2D eigenvalue weighted by atomic mass is 19.1. The van der Waals surface area contributed by atoms with Crippen LogP contribution >= 0.6 is 0 Å². The molecule has 0 spiro atoms. The number of piperidine rings is 1. The van der Waals surface area contributed by atoms with Crippen LogP contribution in [0.4, 0.5) is 20.7 Å². The van der Waals surface area contributed by atoms with Gasteiger partial charge in [0.15, 0.2) is 17.3 Å². The van der Waals surface area contributed by atoms with Crippen LogP contribution in [0.3, 0.4) is 0 Å². The van der Waals surface area contributed by atoms with Crippen molar-refractivity contribution < 1.29 is 18.0 Å². The largest absolute Gasteiger partial charge is 0.399 e. The van der Waals surface area contributed by atoms with Crippen molar-refractivity contribution in [1.82, 2.24) is 34.7 Å². The Morgan fingerprint density at radius 2 is 2.00 bits per heavy atom. The molecule has 0 aliphatic carbocycles. The number of fused-ring (bicyclic) bond motifs is 3. The van der Waals surface area contributed by atoms with Gasteiger partial charge in [0.1, 0.15) is 11.3 Å². The molecule has 1 aliphatic rings. The minimum atomic E-state index is -0.830. The number of aromatic nitrogens is 6. The normalized spacial score (nSPS) is 18.9. The van der Waals surface area contributed by atoms with Crippen LogP contribution in [-0.4, -0.2) is 67.3 Å². The Morgan fingerprint density at radius 1 is 1.21 bits per heavy atom. The number of hydrogen-bond acceptors (Lipinski definition) is 9. The van der Waals surface area contributed by atoms with E-state index in [1.165, 1.54) is 4.52 Å². The number of likely N-dealkylation sites (tertiary alicyclic amines) is 1. The van der Waals surface area contributed by atoms with Gasteiger partial charge in [-0.25, -0.2) is 18.7 Å². The number of carbonyl (C=O) groups excluding carboxylic acids is 1. The molecule has 3 aromatic heterocycles. The lowest BCUT2D eigenvalue weighted by Crippen LogP contribution is -2.45. The first-order valence-corrected chi connectivity index (χ1v) is 10.4. The van der Waals surface area contributed by atoms with Crippen LogP contribution in [-0.2, 0) is 0 Å². The lowest BCUT2D eigenvalue weighted by molar-refractivity contribution is 0.0566. The van der Waals surface area contributed by atoms with Crippen LogP contribution in [0.1, 0.15) is 42.2 Å². The second kappa shape index (κ2) is 7.60. The van der Waals surface area contributed by atoms with Gasteiger partial charge >= 0.3 is 17.8 Å². The Hall–Kier alpha value is -3.90. The van der Waals surface area contributed by atoms with E-state index in [9.17, 15) is 13.6 Å². The number of carbonyl (C=O) groups is 1. The number of nitrogens with zero attached hydrogens (tertiary/aromatic N) is 8. The first kappa shape index (κ1) is 21.0. The maximum absolute atomic E-state index is 14.2. The average Bonchev–Trinajstić information content (AvgIpc) is 3.43. The molecule has 2 N–H and O–H groups in total. The van der Waals surface area contributed by atoms with Crippen LogP contribution in [0, 0.1) is 11.6 Å². The molecule has 172 valence electrons. The molecule has 0 saturated carbocycles. The zero-order valence-electron chi connectivity index (χ0n) is 18.2. The fraction of sp³-hybridized carbons (Fsp3) is 0.400. The van der Waals surface area contributed by atoms with Gasteiger partial charge in [-0.3, -0.25) is 4.79 Å². The molecule has 13 heteroatoms. The van der Waals surface area contributed by atoms with Gasteiger partial charge in [-0.1, -0.05) is 5.10 Å². The van der Waals surface area contributed by atoms with E-state index in [1.807, 2.05) is 6.92 Å². The van der Waals surface area contributed by atoms with Gasteiger partial charge in [-0.2, -0.15) is 4.52 Å². The van der Waals surface area contributed by atoms with Crippen molar-refractivity contribution in [2.75, 3.05) is 31.3 Å². The highest BCUT2D eigenvalue weighted by molar-refractivity contribution is 5.92. The molecule has 1 aliphatic heterocycles. The van der Waals surface area contributed by atoms with Crippen molar-refractivity contribution in [3.05, 3.63) is 35.5 Å². The Bertz CT molecular complexity index is 1380. The van der Waals surface area contributed by atoms with Crippen molar-refractivity contribution in [2.24, 2.45) is 0 Å². The molecule has 4 aromatic rings. The fourth-order valence-corrected chi connectivity index (χ4v) is 4.05. The zero-order valence-corrected chi connectivity index (χ0v) is 18.2. The number of anilines is 2. The third-order valence-corrected chi connectivity index (χ3v) is 5.82. The molecule has 4 heterocycles. The molecule has 11 nitrogen and oxygen atoms in total. The Morgan fingerprint density at radius 3 is 2.73 bits per heavy atom. The number of halogens is 2. The lowest BCUT2D eigenvalue weighted by atomic mass is 9.93. The summed E-state index contributed by atoms with van der Waals surface area (Å²) in [5.74, 6) is -1.95. The standard InChI is InChI=1S/C20H21F2N9O2/c1-9-4-5-10(8-30(9)18(32)17-26-27-20(33-17)29(2)3)15-25-16-12-6-11(21)7-13(22)14(12)24-19(23)31(16)28-15/h6-7,9-10H,4-5,8H2,1-3H3,(H2,23,24)/t9-,10+/m0/s1. The Kier molecular flexibility index (Phi) is 4.83. The minimum Gasteiger partial charge on any atom is -0.399 e. The summed E-state index contributed by atoms with van der Waals surface area (Å²) in [7, 11) is 3.47. The van der Waals surface area contributed by atoms with E-state index in [1.54, 1.807) is 23.9 Å². The summed E-state index contributed by atoms with van der Waals surface area (Å²) in [6.45, 7) is 2.25. The summed E-state index contributed by atoms with van der Waals surface area (Å²) >= 11 is 0. The van der Waals surface area contributed by atoms with E-state index in [0.717, 1.165) is 12.1 Å². The molecule has 5 rings (SSSR count). The highest BCUT2D eigenvalue weighted by Gasteiger charge is 2.35. The highest BCUT2D eigenvalue weighted by Crippen LogP contribution is 2.31. The van der Waals surface area contributed by atoms with Gasteiger partial charge in [-0.15, -0.1) is 10.2 Å². The first-order valence-electron chi connectivity index (χ1n) is 10.4. The monoisotopic (exact) mass is 457 g/mol. The topological polar surface area (TPSA) is 132 Å². The fourth-order valence-electron chi connectivity index (χ4n) is 4.05. The third-order valence-electron chi connectivity index (χ3n) is 5.82. The summed E-state index contributed by atoms with van der Waals surface area (Å²) in [6.07, 6.45) is 1.40. The van der Waals surface area contributed by atoms with Crippen molar-refractivity contribution in [1.29, 1.82) is 0 Å². The van der Waals surface area contributed by atoms with E-state index < -0.39 is 11.6 Å². The molecule has 0 unspecified atom stereocenters. The molecule has 33 heavy (non-hydrogen) atoms. The van der Waals surface area contributed by atoms with Crippen LogP contribution in [0.5, 0.6) is 0 Å². The molecule has 1 amide bonds. The van der Waals surface area contributed by atoms with Gasteiger partial charge in [0.25, 0.3) is 0 Å². The molecular formula is C20H21F2N9O2. The predicted octanol–water partition coefficient (Wildman–Crippen LogP) is 2.00. The first-order chi connectivity index (χ1) is 15.7. The van der Waals surface area contributed by atoms with Crippen LogP contribution in [0.25, 0.3) is 16.6 Å². The van der Waals surface area contributed by atoms with Crippen molar-refractivity contribution in [3.8, 4) is 0 Å². The summed E-state index contributed by atoms with van der Waals surface area (Å²) in [6, 6.07) is 2.07. The van der Waals surface area contributed by atoms with Crippen molar-refractivity contribution in [2.45, 2.75) is 31.7 Å². The quantitative estimate of drug-likeness (QED) is 0.490. The van der Waals surface area contributed by atoms with Gasteiger partial charge < -0.3 is 20.0 Å². The molecule has 0 bridgehead atoms. The van der Waals surface area contributed by atoms with Crippen LogP contribution < -0.4 is 10.6 Å². The Labute approximate surface area is 186 Å². The van der Waals surface area contributed by atoms with E-state index in [0.29, 0.717) is 25.2 Å². The molecular weight excluding hydrogens is 436 g/mol. The second-order valence-electron chi connectivity index (χ2n) is 8.32. The van der Waals surface area contributed by atoms with E-state index >= 15 is 0 Å². The average molecular weight is 457 g/mol. The molecule has 1 saturated heterocycles. The predicted molar refractivity (Wildman–Crippen MR) is 114 cm³/mol. The number of benzene rings is 1. The maximum atomic E-state index is 14.2. The minimum absolute atomic E-state index is 0.0590. The van der Waals surface area contributed by atoms with E-state index in [4.69, 9.17) is 10.2 Å². The van der Waals surface area contributed by atoms with Crippen LogP contribution in [0.2, 0.25) is 0 Å². The Balaban J connectivity index is 1.50. The zero-order chi connectivity index (χ0) is 23.4. The number of rotatable bonds is 3.